The van der Waals surface area contributed by atoms with Crippen LogP contribution in [0.5, 0.6) is 11.5 Å². The highest BCUT2D eigenvalue weighted by Gasteiger charge is 2.11. The van der Waals surface area contributed by atoms with Gasteiger partial charge in [-0.2, -0.15) is 4.99 Å². The first-order valence-electron chi connectivity index (χ1n) is 6.22. The van der Waals surface area contributed by atoms with E-state index in [1.807, 2.05) is 0 Å². The molecule has 0 aromatic heterocycles. The average Bonchev–Trinajstić information content (AvgIpc) is 2.45. The lowest BCUT2D eigenvalue weighted by Crippen LogP contribution is -2.26. The Balaban J connectivity index is 2.26. The Morgan fingerprint density at radius 3 is 2.43 bits per heavy atom. The Hall–Kier alpha value is -2.87. The molecular formula is C14H12ClF2N5O. The molecule has 6 nitrogen and oxygen atoms in total. The standard InChI is InChI=1S/C14H12ClF2N5O/c15-8-2-1-3-11(12(8)17)23-10-5-4-7(6-9(10)16)21-14(20)22-13(18)19/h1-6H,(H6,18,19,20,21,22). The third-order valence-corrected chi connectivity index (χ3v) is 2.83. The Kier molecular flexibility index (Phi) is 4.97. The van der Waals surface area contributed by atoms with E-state index < -0.39 is 11.6 Å². The molecule has 0 atom stereocenters. The second-order valence-electron chi connectivity index (χ2n) is 4.28. The van der Waals surface area contributed by atoms with E-state index in [4.69, 9.17) is 33.5 Å². The molecule has 23 heavy (non-hydrogen) atoms. The smallest absolute Gasteiger partial charge is 0.223 e. The van der Waals surface area contributed by atoms with E-state index in [-0.39, 0.29) is 34.1 Å². The fourth-order valence-electron chi connectivity index (χ4n) is 1.61. The van der Waals surface area contributed by atoms with Crippen molar-refractivity contribution in [1.82, 2.24) is 0 Å². The van der Waals surface area contributed by atoms with Gasteiger partial charge in [-0.1, -0.05) is 17.7 Å². The van der Waals surface area contributed by atoms with Crippen LogP contribution in [0, 0.1) is 11.6 Å². The first-order chi connectivity index (χ1) is 10.9. The number of nitrogens with zero attached hydrogens (tertiary/aromatic N) is 2. The fraction of sp³-hybridized carbons (Fsp3) is 0. The third-order valence-electron chi connectivity index (χ3n) is 2.54. The van der Waals surface area contributed by atoms with Crippen LogP contribution in [0.1, 0.15) is 0 Å². The van der Waals surface area contributed by atoms with Crippen molar-refractivity contribution in [3.63, 3.8) is 0 Å². The molecule has 0 saturated heterocycles. The average molecular weight is 340 g/mol. The molecule has 9 heteroatoms. The minimum atomic E-state index is -0.785. The summed E-state index contributed by atoms with van der Waals surface area (Å²) in [6.45, 7) is 0. The van der Waals surface area contributed by atoms with Crippen molar-refractivity contribution in [1.29, 1.82) is 0 Å². The molecule has 0 spiro atoms. The topological polar surface area (TPSA) is 112 Å². The molecule has 2 aromatic rings. The van der Waals surface area contributed by atoms with Gasteiger partial charge in [0.2, 0.25) is 5.96 Å². The third kappa shape index (κ3) is 4.30. The number of guanidine groups is 2. The molecule has 0 saturated carbocycles. The second kappa shape index (κ2) is 6.93. The van der Waals surface area contributed by atoms with E-state index in [9.17, 15) is 8.78 Å². The number of halogens is 3. The highest BCUT2D eigenvalue weighted by molar-refractivity contribution is 6.30. The molecule has 2 rings (SSSR count). The van der Waals surface area contributed by atoms with Crippen molar-refractivity contribution >= 4 is 29.2 Å². The lowest BCUT2D eigenvalue weighted by Gasteiger charge is -2.08. The number of ether oxygens (including phenoxy) is 1. The van der Waals surface area contributed by atoms with Crippen LogP contribution in [-0.4, -0.2) is 11.9 Å². The zero-order chi connectivity index (χ0) is 17.0. The summed E-state index contributed by atoms with van der Waals surface area (Å²) >= 11 is 5.63. The molecule has 2 aromatic carbocycles. The van der Waals surface area contributed by atoms with E-state index in [0.717, 1.165) is 6.07 Å². The Morgan fingerprint density at radius 1 is 1.04 bits per heavy atom. The summed E-state index contributed by atoms with van der Waals surface area (Å²) in [5.41, 5.74) is 15.9. The van der Waals surface area contributed by atoms with Gasteiger partial charge in [-0.05, 0) is 24.3 Å². The first-order valence-corrected chi connectivity index (χ1v) is 6.60. The number of rotatable bonds is 3. The zero-order valence-electron chi connectivity index (χ0n) is 11.6. The van der Waals surface area contributed by atoms with E-state index in [2.05, 4.69) is 9.98 Å². The van der Waals surface area contributed by atoms with Crippen molar-refractivity contribution in [3.05, 3.63) is 53.1 Å². The van der Waals surface area contributed by atoms with Crippen LogP contribution < -0.4 is 21.9 Å². The van der Waals surface area contributed by atoms with E-state index in [1.165, 1.54) is 30.3 Å². The van der Waals surface area contributed by atoms with Crippen molar-refractivity contribution in [2.75, 3.05) is 0 Å². The number of nitrogens with two attached hydrogens (primary N) is 3. The Labute approximate surface area is 135 Å². The number of hydrogen-bond acceptors (Lipinski definition) is 2. The maximum absolute atomic E-state index is 14.0. The lowest BCUT2D eigenvalue weighted by molar-refractivity contribution is 0.415. The van der Waals surface area contributed by atoms with Crippen molar-refractivity contribution in [3.8, 4) is 11.5 Å². The van der Waals surface area contributed by atoms with E-state index >= 15 is 0 Å². The van der Waals surface area contributed by atoms with Gasteiger partial charge in [0.05, 0.1) is 10.7 Å². The SMILES string of the molecule is NC(N)=NC(N)=Nc1ccc(Oc2cccc(Cl)c2F)c(F)c1. The molecule has 0 aliphatic heterocycles. The van der Waals surface area contributed by atoms with Gasteiger partial charge >= 0.3 is 0 Å². The van der Waals surface area contributed by atoms with E-state index in [0.29, 0.717) is 0 Å². The van der Waals surface area contributed by atoms with Crippen molar-refractivity contribution in [2.24, 2.45) is 27.2 Å². The largest absolute Gasteiger partial charge is 0.451 e. The summed E-state index contributed by atoms with van der Waals surface area (Å²) in [6, 6.07) is 7.85. The van der Waals surface area contributed by atoms with Gasteiger partial charge in [-0.3, -0.25) is 0 Å². The van der Waals surface area contributed by atoms with Crippen LogP contribution in [0.3, 0.4) is 0 Å². The van der Waals surface area contributed by atoms with Crippen LogP contribution in [0.15, 0.2) is 46.4 Å². The molecule has 0 fully saturated rings. The minimum absolute atomic E-state index is 0.130. The van der Waals surface area contributed by atoms with Crippen LogP contribution in [0.4, 0.5) is 14.5 Å². The number of benzene rings is 2. The molecule has 120 valence electrons. The molecule has 0 unspecified atom stereocenters. The highest BCUT2D eigenvalue weighted by atomic mass is 35.5. The lowest BCUT2D eigenvalue weighted by atomic mass is 10.3. The molecule has 0 amide bonds. The normalized spacial score (nSPS) is 11.2. The summed E-state index contributed by atoms with van der Waals surface area (Å²) in [5.74, 6) is -2.48. The van der Waals surface area contributed by atoms with Crippen LogP contribution in [0.2, 0.25) is 5.02 Å². The van der Waals surface area contributed by atoms with E-state index in [1.54, 1.807) is 0 Å². The first kappa shape index (κ1) is 16.5. The zero-order valence-corrected chi connectivity index (χ0v) is 12.4. The van der Waals surface area contributed by atoms with Gasteiger partial charge in [-0.15, -0.1) is 0 Å². The molecule has 0 aliphatic carbocycles. The maximum Gasteiger partial charge on any atom is 0.223 e. The van der Waals surface area contributed by atoms with Gasteiger partial charge in [-0.25, -0.2) is 13.8 Å². The summed E-state index contributed by atoms with van der Waals surface area (Å²) in [7, 11) is 0. The van der Waals surface area contributed by atoms with Crippen LogP contribution in [-0.2, 0) is 0 Å². The second-order valence-corrected chi connectivity index (χ2v) is 4.68. The van der Waals surface area contributed by atoms with Crippen LogP contribution in [0.25, 0.3) is 0 Å². The number of hydrogen-bond donors (Lipinski definition) is 3. The molecule has 0 aliphatic rings. The number of aliphatic imine (C=N–C) groups is 2. The van der Waals surface area contributed by atoms with Gasteiger partial charge in [0, 0.05) is 6.07 Å². The minimum Gasteiger partial charge on any atom is -0.451 e. The molecule has 0 heterocycles. The highest BCUT2D eigenvalue weighted by Crippen LogP contribution is 2.31. The van der Waals surface area contributed by atoms with Gasteiger partial charge < -0.3 is 21.9 Å². The summed E-state index contributed by atoms with van der Waals surface area (Å²) < 4.78 is 32.9. The monoisotopic (exact) mass is 339 g/mol. The fourth-order valence-corrected chi connectivity index (χ4v) is 1.78. The summed E-state index contributed by atoms with van der Waals surface area (Å²) in [6.07, 6.45) is 0. The van der Waals surface area contributed by atoms with Crippen molar-refractivity contribution < 1.29 is 13.5 Å². The Bertz CT molecular complexity index is 791. The summed E-state index contributed by atoms with van der Waals surface area (Å²) in [4.78, 5) is 7.29. The van der Waals surface area contributed by atoms with Gasteiger partial charge in [0.1, 0.15) is 0 Å². The van der Waals surface area contributed by atoms with Gasteiger partial charge in [0.15, 0.2) is 29.1 Å². The van der Waals surface area contributed by atoms with Crippen LogP contribution >= 0.6 is 11.6 Å². The van der Waals surface area contributed by atoms with Crippen molar-refractivity contribution in [2.45, 2.75) is 0 Å². The molecule has 6 N–H and O–H groups in total. The predicted molar refractivity (Wildman–Crippen MR) is 85.0 cm³/mol. The molecular weight excluding hydrogens is 328 g/mol. The predicted octanol–water partition coefficient (Wildman–Crippen LogP) is 2.63. The Morgan fingerprint density at radius 2 is 1.78 bits per heavy atom. The quantitative estimate of drug-likeness (QED) is 0.589. The van der Waals surface area contributed by atoms with Gasteiger partial charge in [0.25, 0.3) is 0 Å². The molecule has 0 bridgehead atoms. The summed E-state index contributed by atoms with van der Waals surface area (Å²) in [5, 5.41) is -0.130. The molecule has 0 radical (unpaired) electrons. The maximum atomic E-state index is 14.0.